The van der Waals surface area contributed by atoms with Gasteiger partial charge in [-0.2, -0.15) is 0 Å². The van der Waals surface area contributed by atoms with E-state index in [1.165, 1.54) is 0 Å². The number of rotatable bonds is 0. The van der Waals surface area contributed by atoms with Gasteiger partial charge in [-0.15, -0.1) is 0 Å². The normalized spacial score (nSPS) is 5.50. The number of hydrogen-bond donors (Lipinski definition) is 2. The molecule has 0 aliphatic heterocycles. The minimum Gasteiger partial charge on any atom is 0 e. The second-order valence-electron chi connectivity index (χ2n) is 0.610. The van der Waals surface area contributed by atoms with Gasteiger partial charge in [-0.25, -0.2) is 9.59 Å². The summed E-state index contributed by atoms with van der Waals surface area (Å²) in [6.45, 7) is 0. The van der Waals surface area contributed by atoms with E-state index in [0.717, 1.165) is 0 Å². The predicted molar refractivity (Wildman–Crippen MR) is 23.8 cm³/mol. The fourth-order valence-electron chi connectivity index (χ4n) is 0. The number of carboxylic acids is 2. The van der Waals surface area contributed by atoms with E-state index < -0.39 is 11.9 Å². The summed E-state index contributed by atoms with van der Waals surface area (Å²) in [5.74, 6) is -3.65. The number of carbonyl (C=O) groups is 2. The third kappa shape index (κ3) is 10.3. The summed E-state index contributed by atoms with van der Waals surface area (Å²) >= 11 is 0. The van der Waals surface area contributed by atoms with E-state index in [2.05, 4.69) is 0 Å². The standard InChI is InChI=1S/C2H2O4.Ba.Ti.2H/c3-1(4)2(5)6;;;;/h(H,3,4)(H,5,6);;;;. The summed E-state index contributed by atoms with van der Waals surface area (Å²) in [7, 11) is 0. The quantitative estimate of drug-likeness (QED) is 0.406. The van der Waals surface area contributed by atoms with E-state index in [9.17, 15) is 0 Å². The molecule has 8 heavy (non-hydrogen) atoms. The molecule has 42 valence electrons. The van der Waals surface area contributed by atoms with Crippen molar-refractivity contribution >= 4 is 60.8 Å². The third-order valence-corrected chi connectivity index (χ3v) is 0.183. The average molecular weight is 277 g/mol. The molecule has 0 heterocycles. The maximum absolute atomic E-state index is 9.10. The van der Waals surface area contributed by atoms with Crippen molar-refractivity contribution in [2.75, 3.05) is 0 Å². The molecule has 0 radical (unpaired) electrons. The van der Waals surface area contributed by atoms with Crippen LogP contribution in [0, 0.1) is 0 Å². The molecule has 0 spiro atoms. The second kappa shape index (κ2) is 8.23. The third-order valence-electron chi connectivity index (χ3n) is 0.183. The summed E-state index contributed by atoms with van der Waals surface area (Å²) in [4.78, 5) is 18.2. The number of aliphatic carboxylic acids is 2. The Morgan fingerprint density at radius 2 is 1.12 bits per heavy atom. The van der Waals surface area contributed by atoms with E-state index in [1.807, 2.05) is 0 Å². The first-order valence-electron chi connectivity index (χ1n) is 1.11. The molecular weight excluding hydrogens is 273 g/mol. The van der Waals surface area contributed by atoms with Crippen LogP contribution in [-0.4, -0.2) is 71.0 Å². The minimum absolute atomic E-state index is 0. The molecular formula is C2H4BaO4Ti. The van der Waals surface area contributed by atoms with Crippen molar-refractivity contribution in [3.05, 3.63) is 0 Å². The fraction of sp³-hybridized carbons (Fsp3) is 0. The van der Waals surface area contributed by atoms with Crippen LogP contribution in [0.1, 0.15) is 0 Å². The van der Waals surface area contributed by atoms with Gasteiger partial charge in [-0.05, 0) is 0 Å². The van der Waals surface area contributed by atoms with E-state index in [0.29, 0.717) is 0 Å². The number of hydrogen-bond acceptors (Lipinski definition) is 2. The molecule has 0 aromatic rings. The molecule has 0 atom stereocenters. The summed E-state index contributed by atoms with van der Waals surface area (Å²) in [5, 5.41) is 14.8. The molecule has 6 heteroatoms. The Bertz CT molecular complexity index is 80.0. The maximum Gasteiger partial charge on any atom is 0 e. The first-order valence-corrected chi connectivity index (χ1v) is 1.11. The van der Waals surface area contributed by atoms with E-state index in [4.69, 9.17) is 19.8 Å². The molecule has 2 N–H and O–H groups in total. The van der Waals surface area contributed by atoms with Crippen LogP contribution >= 0.6 is 0 Å². The molecule has 0 saturated carbocycles. The molecule has 0 saturated heterocycles. The molecule has 0 rings (SSSR count). The molecule has 0 fully saturated rings. The van der Waals surface area contributed by atoms with Gasteiger partial charge >= 0.3 is 60.8 Å². The van der Waals surface area contributed by atoms with Crippen LogP contribution in [-0.2, 0) is 31.3 Å². The zero-order valence-corrected chi connectivity index (χ0v) is 4.77. The number of carboxylic acid groups (broad SMARTS) is 2. The summed E-state index contributed by atoms with van der Waals surface area (Å²) in [6.07, 6.45) is 0. The minimum atomic E-state index is -1.82. The zero-order chi connectivity index (χ0) is 5.15. The van der Waals surface area contributed by atoms with Gasteiger partial charge in [-0.1, -0.05) is 0 Å². The monoisotopic (exact) mass is 278 g/mol. The Labute approximate surface area is 101 Å². The van der Waals surface area contributed by atoms with Gasteiger partial charge in [0.1, 0.15) is 0 Å². The van der Waals surface area contributed by atoms with E-state index >= 15 is 0 Å². The predicted octanol–water partition coefficient (Wildman–Crippen LogP) is -1.76. The van der Waals surface area contributed by atoms with Crippen molar-refractivity contribution in [1.29, 1.82) is 0 Å². The van der Waals surface area contributed by atoms with Crippen molar-refractivity contribution in [1.82, 2.24) is 0 Å². The molecule has 0 amide bonds. The van der Waals surface area contributed by atoms with Crippen LogP contribution < -0.4 is 0 Å². The van der Waals surface area contributed by atoms with Crippen molar-refractivity contribution in [2.24, 2.45) is 0 Å². The SMILES string of the molecule is O=C(O)C(=O)O.[BaH2].[Ti]. The average Bonchev–Trinajstić information content (AvgIpc) is 1.36. The molecule has 0 aromatic carbocycles. The van der Waals surface area contributed by atoms with Crippen molar-refractivity contribution in [3.8, 4) is 0 Å². The summed E-state index contributed by atoms with van der Waals surface area (Å²) in [6, 6.07) is 0. The second-order valence-corrected chi connectivity index (χ2v) is 0.610. The van der Waals surface area contributed by atoms with Gasteiger partial charge in [0.2, 0.25) is 0 Å². The van der Waals surface area contributed by atoms with Gasteiger partial charge < -0.3 is 10.2 Å². The molecule has 0 bridgehead atoms. The van der Waals surface area contributed by atoms with Gasteiger partial charge in [0.05, 0.1) is 0 Å². The van der Waals surface area contributed by atoms with Crippen LogP contribution in [0.25, 0.3) is 0 Å². The Kier molecular flexibility index (Phi) is 16.6. The largest absolute Gasteiger partial charge is 0 e. The smallest absolute Gasteiger partial charge is 0 e. The maximum atomic E-state index is 9.10. The molecule has 0 aliphatic rings. The van der Waals surface area contributed by atoms with Crippen LogP contribution in [0.15, 0.2) is 0 Å². The molecule has 0 unspecified atom stereocenters. The van der Waals surface area contributed by atoms with Gasteiger partial charge in [0.25, 0.3) is 0 Å². The summed E-state index contributed by atoms with van der Waals surface area (Å²) < 4.78 is 0. The first kappa shape index (κ1) is 16.1. The van der Waals surface area contributed by atoms with Crippen molar-refractivity contribution in [3.63, 3.8) is 0 Å². The van der Waals surface area contributed by atoms with Gasteiger partial charge in [-0.3, -0.25) is 0 Å². The van der Waals surface area contributed by atoms with Crippen LogP contribution in [0.4, 0.5) is 0 Å². The topological polar surface area (TPSA) is 74.6 Å². The Balaban J connectivity index is -0.000000125. The first-order chi connectivity index (χ1) is 2.64. The van der Waals surface area contributed by atoms with E-state index in [-0.39, 0.29) is 70.6 Å². The zero-order valence-electron chi connectivity index (χ0n) is 3.21. The Morgan fingerprint density at radius 1 is 1.00 bits per heavy atom. The Hall–Kier alpha value is 1.23. The van der Waals surface area contributed by atoms with Crippen LogP contribution in [0.2, 0.25) is 0 Å². The van der Waals surface area contributed by atoms with Gasteiger partial charge in [0.15, 0.2) is 0 Å². The molecule has 0 aliphatic carbocycles. The van der Waals surface area contributed by atoms with E-state index in [1.54, 1.807) is 0 Å². The van der Waals surface area contributed by atoms with Crippen molar-refractivity contribution in [2.45, 2.75) is 0 Å². The molecule has 4 nitrogen and oxygen atoms in total. The summed E-state index contributed by atoms with van der Waals surface area (Å²) in [5.41, 5.74) is 0. The van der Waals surface area contributed by atoms with Crippen molar-refractivity contribution < 1.29 is 41.5 Å². The van der Waals surface area contributed by atoms with Crippen LogP contribution in [0.5, 0.6) is 0 Å². The van der Waals surface area contributed by atoms with Crippen LogP contribution in [0.3, 0.4) is 0 Å². The van der Waals surface area contributed by atoms with Gasteiger partial charge in [0, 0.05) is 21.7 Å². The fourth-order valence-corrected chi connectivity index (χ4v) is 0. The Morgan fingerprint density at radius 3 is 1.12 bits per heavy atom. The molecule has 0 aromatic heterocycles.